The molecule has 0 spiro atoms. The first-order valence-electron chi connectivity index (χ1n) is 7.48. The molecule has 2 heteroatoms. The van der Waals surface area contributed by atoms with Gasteiger partial charge >= 0.3 is 0 Å². The predicted octanol–water partition coefficient (Wildman–Crippen LogP) is 2.89. The first-order valence-corrected chi connectivity index (χ1v) is 7.48. The average Bonchev–Trinajstić information content (AvgIpc) is 2.29. The summed E-state index contributed by atoms with van der Waals surface area (Å²) in [5.41, 5.74) is 0.571. The van der Waals surface area contributed by atoms with Crippen LogP contribution in [0.25, 0.3) is 0 Å². The number of nitrogens with zero attached hydrogens (tertiary/aromatic N) is 1. The zero-order valence-corrected chi connectivity index (χ0v) is 12.0. The Bertz CT molecular complexity index is 231. The van der Waals surface area contributed by atoms with Crippen molar-refractivity contribution in [2.45, 2.75) is 58.4 Å². The van der Waals surface area contributed by atoms with Gasteiger partial charge in [0.05, 0.1) is 0 Å². The van der Waals surface area contributed by atoms with Gasteiger partial charge in [0.15, 0.2) is 0 Å². The topological polar surface area (TPSA) is 15.3 Å². The van der Waals surface area contributed by atoms with Gasteiger partial charge in [0.25, 0.3) is 0 Å². The van der Waals surface area contributed by atoms with Crippen molar-refractivity contribution in [2.75, 3.05) is 26.7 Å². The largest absolute Gasteiger partial charge is 0.316 e. The predicted molar refractivity (Wildman–Crippen MR) is 74.3 cm³/mol. The summed E-state index contributed by atoms with van der Waals surface area (Å²) in [6.07, 6.45) is 8.44. The lowest BCUT2D eigenvalue weighted by Gasteiger charge is -2.41. The summed E-state index contributed by atoms with van der Waals surface area (Å²) in [6, 6.07) is 0.834. The number of rotatable bonds is 3. The third kappa shape index (κ3) is 3.96. The summed E-state index contributed by atoms with van der Waals surface area (Å²) in [5.74, 6) is 0.888. The Morgan fingerprint density at radius 1 is 1.24 bits per heavy atom. The smallest absolute Gasteiger partial charge is 0.00974 e. The van der Waals surface area contributed by atoms with Gasteiger partial charge in [-0.25, -0.2) is 0 Å². The van der Waals surface area contributed by atoms with Gasteiger partial charge in [-0.3, -0.25) is 0 Å². The van der Waals surface area contributed by atoms with Crippen molar-refractivity contribution in [1.82, 2.24) is 10.2 Å². The first kappa shape index (κ1) is 13.4. The van der Waals surface area contributed by atoms with Crippen molar-refractivity contribution in [3.05, 3.63) is 0 Å². The summed E-state index contributed by atoms with van der Waals surface area (Å²) >= 11 is 0. The third-order valence-electron chi connectivity index (χ3n) is 4.75. The Kier molecular flexibility index (Phi) is 4.48. The Hall–Kier alpha value is -0.0800. The average molecular weight is 238 g/mol. The van der Waals surface area contributed by atoms with Crippen molar-refractivity contribution in [2.24, 2.45) is 11.3 Å². The molecule has 1 saturated heterocycles. The van der Waals surface area contributed by atoms with E-state index in [1.807, 2.05) is 0 Å². The molecule has 0 aromatic carbocycles. The quantitative estimate of drug-likeness (QED) is 0.813. The van der Waals surface area contributed by atoms with E-state index in [0.717, 1.165) is 12.0 Å². The molecule has 1 aliphatic heterocycles. The van der Waals surface area contributed by atoms with Crippen LogP contribution in [0, 0.1) is 11.3 Å². The SMILES string of the molecule is CN(CC1CCCNC1)C1CCCC(C)(C)C1. The summed E-state index contributed by atoms with van der Waals surface area (Å²) in [7, 11) is 2.35. The molecule has 2 aliphatic rings. The van der Waals surface area contributed by atoms with Gasteiger partial charge in [0.1, 0.15) is 0 Å². The molecule has 2 nitrogen and oxygen atoms in total. The normalized spacial score (nSPS) is 33.9. The molecule has 2 atom stereocenters. The van der Waals surface area contributed by atoms with E-state index in [-0.39, 0.29) is 0 Å². The van der Waals surface area contributed by atoms with Gasteiger partial charge in [0, 0.05) is 12.6 Å². The fourth-order valence-electron chi connectivity index (χ4n) is 3.67. The molecule has 1 saturated carbocycles. The van der Waals surface area contributed by atoms with Crippen molar-refractivity contribution < 1.29 is 0 Å². The molecule has 0 aromatic heterocycles. The number of piperidine rings is 1. The molecular formula is C15H30N2. The van der Waals surface area contributed by atoms with E-state index in [4.69, 9.17) is 0 Å². The van der Waals surface area contributed by atoms with E-state index in [1.54, 1.807) is 0 Å². The lowest BCUT2D eigenvalue weighted by atomic mass is 9.74. The summed E-state index contributed by atoms with van der Waals surface area (Å²) in [5, 5.41) is 3.53. The number of nitrogens with one attached hydrogen (secondary N) is 1. The van der Waals surface area contributed by atoms with Gasteiger partial charge < -0.3 is 10.2 Å². The van der Waals surface area contributed by atoms with E-state index < -0.39 is 0 Å². The van der Waals surface area contributed by atoms with E-state index in [9.17, 15) is 0 Å². The maximum absolute atomic E-state index is 3.53. The minimum absolute atomic E-state index is 0.571. The van der Waals surface area contributed by atoms with Crippen LogP contribution in [0.1, 0.15) is 52.4 Å². The fourth-order valence-corrected chi connectivity index (χ4v) is 3.67. The molecule has 1 aliphatic carbocycles. The van der Waals surface area contributed by atoms with Crippen molar-refractivity contribution >= 4 is 0 Å². The zero-order valence-electron chi connectivity index (χ0n) is 12.0. The van der Waals surface area contributed by atoms with Crippen LogP contribution in [0.4, 0.5) is 0 Å². The molecule has 100 valence electrons. The highest BCUT2D eigenvalue weighted by Gasteiger charge is 2.30. The van der Waals surface area contributed by atoms with E-state index in [0.29, 0.717) is 5.41 Å². The van der Waals surface area contributed by atoms with Crippen LogP contribution in [0.15, 0.2) is 0 Å². The second-order valence-corrected chi connectivity index (χ2v) is 7.07. The van der Waals surface area contributed by atoms with Crippen molar-refractivity contribution in [3.63, 3.8) is 0 Å². The van der Waals surface area contributed by atoms with Crippen LogP contribution < -0.4 is 5.32 Å². The van der Waals surface area contributed by atoms with Crippen molar-refractivity contribution in [1.29, 1.82) is 0 Å². The Labute approximate surface area is 107 Å². The Morgan fingerprint density at radius 2 is 2.06 bits per heavy atom. The minimum atomic E-state index is 0.571. The molecule has 2 fully saturated rings. The molecular weight excluding hydrogens is 208 g/mol. The van der Waals surface area contributed by atoms with Gasteiger partial charge in [-0.05, 0) is 63.6 Å². The maximum atomic E-state index is 3.53. The molecule has 0 radical (unpaired) electrons. The molecule has 1 N–H and O–H groups in total. The summed E-state index contributed by atoms with van der Waals surface area (Å²) < 4.78 is 0. The zero-order chi connectivity index (χ0) is 12.3. The number of hydrogen-bond acceptors (Lipinski definition) is 2. The molecule has 1 heterocycles. The number of hydrogen-bond donors (Lipinski definition) is 1. The highest BCUT2D eigenvalue weighted by molar-refractivity contribution is 4.85. The Balaban J connectivity index is 1.80. The molecule has 0 aromatic rings. The van der Waals surface area contributed by atoms with Gasteiger partial charge in [0.2, 0.25) is 0 Å². The monoisotopic (exact) mass is 238 g/mol. The molecule has 17 heavy (non-hydrogen) atoms. The Morgan fingerprint density at radius 3 is 2.71 bits per heavy atom. The summed E-state index contributed by atoms with van der Waals surface area (Å²) in [6.45, 7) is 8.65. The van der Waals surface area contributed by atoms with Crippen LogP contribution in [0.3, 0.4) is 0 Å². The molecule has 0 amide bonds. The van der Waals surface area contributed by atoms with Crippen LogP contribution in [-0.4, -0.2) is 37.6 Å². The maximum Gasteiger partial charge on any atom is 0.00974 e. The fraction of sp³-hybridized carbons (Fsp3) is 1.00. The highest BCUT2D eigenvalue weighted by Crippen LogP contribution is 2.37. The van der Waals surface area contributed by atoms with Crippen LogP contribution in [0.2, 0.25) is 0 Å². The van der Waals surface area contributed by atoms with Crippen LogP contribution >= 0.6 is 0 Å². The minimum Gasteiger partial charge on any atom is -0.316 e. The van der Waals surface area contributed by atoms with Crippen LogP contribution in [0.5, 0.6) is 0 Å². The van der Waals surface area contributed by atoms with Gasteiger partial charge in [-0.15, -0.1) is 0 Å². The third-order valence-corrected chi connectivity index (χ3v) is 4.75. The van der Waals surface area contributed by atoms with Gasteiger partial charge in [-0.2, -0.15) is 0 Å². The first-order chi connectivity index (χ1) is 8.07. The van der Waals surface area contributed by atoms with E-state index in [1.165, 1.54) is 58.2 Å². The molecule has 2 unspecified atom stereocenters. The molecule has 2 rings (SSSR count). The lowest BCUT2D eigenvalue weighted by Crippen LogP contribution is -2.43. The molecule has 0 bridgehead atoms. The second kappa shape index (κ2) is 5.71. The van der Waals surface area contributed by atoms with E-state index >= 15 is 0 Å². The lowest BCUT2D eigenvalue weighted by molar-refractivity contribution is 0.0977. The van der Waals surface area contributed by atoms with Crippen LogP contribution in [-0.2, 0) is 0 Å². The second-order valence-electron chi connectivity index (χ2n) is 7.07. The van der Waals surface area contributed by atoms with E-state index in [2.05, 4.69) is 31.1 Å². The van der Waals surface area contributed by atoms with Crippen molar-refractivity contribution in [3.8, 4) is 0 Å². The standard InChI is InChI=1S/C15H30N2/c1-15(2)8-4-7-14(10-15)17(3)12-13-6-5-9-16-11-13/h13-14,16H,4-12H2,1-3H3. The van der Waals surface area contributed by atoms with Gasteiger partial charge in [-0.1, -0.05) is 20.3 Å². The highest BCUT2D eigenvalue weighted by atomic mass is 15.1. The summed E-state index contributed by atoms with van der Waals surface area (Å²) in [4.78, 5) is 2.65.